The fraction of sp³-hybridized carbons (Fsp3) is 0.375. The summed E-state index contributed by atoms with van der Waals surface area (Å²) in [6, 6.07) is 7.99. The minimum absolute atomic E-state index is 0.0353. The monoisotopic (exact) mass is 305 g/mol. The second-order valence-electron chi connectivity index (χ2n) is 4.42. The molecule has 5 heteroatoms. The number of carbonyl (C=O) groups is 1. The van der Waals surface area contributed by atoms with Gasteiger partial charge in [0.25, 0.3) is 5.91 Å². The van der Waals surface area contributed by atoms with Gasteiger partial charge in [0.1, 0.15) is 11.6 Å². The molecule has 0 aliphatic heterocycles. The van der Waals surface area contributed by atoms with Crippen LogP contribution < -0.4 is 10.6 Å². The van der Waals surface area contributed by atoms with Crippen LogP contribution in [-0.2, 0) is 17.6 Å². The number of rotatable bonds is 7. The third kappa shape index (κ3) is 4.80. The Hall–Kier alpha value is -1.99. The van der Waals surface area contributed by atoms with Gasteiger partial charge in [-0.2, -0.15) is 5.26 Å². The summed E-state index contributed by atoms with van der Waals surface area (Å²) in [6.45, 7) is 4.48. The number of nitrogens with zero attached hydrogens (tertiary/aromatic N) is 1. The number of nitriles is 1. The van der Waals surface area contributed by atoms with E-state index in [4.69, 9.17) is 16.9 Å². The lowest BCUT2D eigenvalue weighted by Crippen LogP contribution is -2.26. The SMILES string of the molecule is CCc1cccc(CC)c1N/C=C(/C#N)C(=O)NCCCl. The lowest BCUT2D eigenvalue weighted by molar-refractivity contribution is -0.117. The van der Waals surface area contributed by atoms with Gasteiger partial charge in [0, 0.05) is 24.3 Å². The van der Waals surface area contributed by atoms with E-state index in [0.717, 1.165) is 29.7 Å². The number of benzene rings is 1. The lowest BCUT2D eigenvalue weighted by Gasteiger charge is -2.13. The van der Waals surface area contributed by atoms with E-state index in [-0.39, 0.29) is 5.57 Å². The predicted molar refractivity (Wildman–Crippen MR) is 86.2 cm³/mol. The van der Waals surface area contributed by atoms with Crippen molar-refractivity contribution in [3.8, 4) is 6.07 Å². The van der Waals surface area contributed by atoms with Crippen molar-refractivity contribution in [1.82, 2.24) is 5.32 Å². The molecule has 1 aromatic carbocycles. The van der Waals surface area contributed by atoms with Crippen molar-refractivity contribution in [2.24, 2.45) is 0 Å². The van der Waals surface area contributed by atoms with Crippen LogP contribution >= 0.6 is 11.6 Å². The summed E-state index contributed by atoms with van der Waals surface area (Å²) in [4.78, 5) is 11.8. The first-order valence-electron chi connectivity index (χ1n) is 6.99. The van der Waals surface area contributed by atoms with Gasteiger partial charge in [-0.15, -0.1) is 11.6 Å². The molecule has 0 saturated carbocycles. The molecule has 1 aromatic rings. The van der Waals surface area contributed by atoms with Crippen LogP contribution in [0.2, 0.25) is 0 Å². The Morgan fingerprint density at radius 1 is 1.33 bits per heavy atom. The van der Waals surface area contributed by atoms with E-state index < -0.39 is 5.91 Å². The zero-order valence-corrected chi connectivity index (χ0v) is 13.1. The zero-order valence-electron chi connectivity index (χ0n) is 12.4. The highest BCUT2D eigenvalue weighted by atomic mass is 35.5. The Kier molecular flexibility index (Phi) is 7.34. The molecular weight excluding hydrogens is 286 g/mol. The fourth-order valence-corrected chi connectivity index (χ4v) is 2.07. The van der Waals surface area contributed by atoms with Crippen molar-refractivity contribution in [3.63, 3.8) is 0 Å². The third-order valence-corrected chi connectivity index (χ3v) is 3.29. The summed E-state index contributed by atoms with van der Waals surface area (Å²) < 4.78 is 0. The molecule has 1 rings (SSSR count). The standard InChI is InChI=1S/C16H20ClN3O/c1-3-12-6-5-7-13(4-2)15(12)20-11-14(10-18)16(21)19-9-8-17/h5-7,11,20H,3-4,8-9H2,1-2H3,(H,19,21)/b14-11-. The van der Waals surface area contributed by atoms with Gasteiger partial charge in [-0.05, 0) is 24.0 Å². The number of para-hydroxylation sites is 1. The van der Waals surface area contributed by atoms with E-state index in [0.29, 0.717) is 12.4 Å². The number of alkyl halides is 1. The molecule has 21 heavy (non-hydrogen) atoms. The van der Waals surface area contributed by atoms with Gasteiger partial charge < -0.3 is 10.6 Å². The molecule has 0 atom stereocenters. The smallest absolute Gasteiger partial charge is 0.263 e. The minimum atomic E-state index is -0.419. The van der Waals surface area contributed by atoms with Crippen molar-refractivity contribution in [3.05, 3.63) is 41.1 Å². The summed E-state index contributed by atoms with van der Waals surface area (Å²) in [5.74, 6) is -0.103. The van der Waals surface area contributed by atoms with E-state index in [1.54, 1.807) is 0 Å². The molecule has 4 nitrogen and oxygen atoms in total. The van der Waals surface area contributed by atoms with E-state index in [2.05, 4.69) is 24.5 Å². The first-order valence-corrected chi connectivity index (χ1v) is 7.53. The normalized spacial score (nSPS) is 10.9. The molecule has 2 N–H and O–H groups in total. The molecule has 0 radical (unpaired) electrons. The maximum absolute atomic E-state index is 11.8. The quantitative estimate of drug-likeness (QED) is 0.462. The molecule has 0 spiro atoms. The van der Waals surface area contributed by atoms with Crippen LogP contribution in [0.4, 0.5) is 5.69 Å². The molecular formula is C16H20ClN3O. The number of halogens is 1. The topological polar surface area (TPSA) is 64.9 Å². The van der Waals surface area contributed by atoms with Crippen LogP contribution in [0.25, 0.3) is 0 Å². The number of nitrogens with one attached hydrogen (secondary N) is 2. The van der Waals surface area contributed by atoms with Gasteiger partial charge >= 0.3 is 0 Å². The Labute approximate surface area is 130 Å². The number of carbonyl (C=O) groups excluding carboxylic acids is 1. The molecule has 0 bridgehead atoms. The molecule has 0 unspecified atom stereocenters. The van der Waals surface area contributed by atoms with Crippen molar-refractivity contribution in [2.45, 2.75) is 26.7 Å². The third-order valence-electron chi connectivity index (χ3n) is 3.10. The lowest BCUT2D eigenvalue weighted by atomic mass is 10.0. The summed E-state index contributed by atoms with van der Waals surface area (Å²) in [7, 11) is 0. The Balaban J connectivity index is 2.97. The largest absolute Gasteiger partial charge is 0.360 e. The molecule has 0 aliphatic carbocycles. The second kappa shape index (κ2) is 9.04. The van der Waals surface area contributed by atoms with Gasteiger partial charge in [0.15, 0.2) is 0 Å². The molecule has 112 valence electrons. The highest BCUT2D eigenvalue weighted by molar-refractivity contribution is 6.18. The van der Waals surface area contributed by atoms with E-state index in [9.17, 15) is 4.79 Å². The highest BCUT2D eigenvalue weighted by Crippen LogP contribution is 2.22. The molecule has 0 aliphatic rings. The van der Waals surface area contributed by atoms with E-state index >= 15 is 0 Å². The van der Waals surface area contributed by atoms with Gasteiger partial charge in [-0.3, -0.25) is 4.79 Å². The average molecular weight is 306 g/mol. The molecule has 0 heterocycles. The predicted octanol–water partition coefficient (Wildman–Crippen LogP) is 2.99. The zero-order chi connectivity index (χ0) is 15.7. The van der Waals surface area contributed by atoms with Crippen molar-refractivity contribution >= 4 is 23.2 Å². The molecule has 1 amide bonds. The van der Waals surface area contributed by atoms with Gasteiger partial charge in [0.2, 0.25) is 0 Å². The minimum Gasteiger partial charge on any atom is -0.360 e. The molecule has 0 aromatic heterocycles. The second-order valence-corrected chi connectivity index (χ2v) is 4.80. The van der Waals surface area contributed by atoms with Crippen LogP contribution in [-0.4, -0.2) is 18.3 Å². The number of aryl methyl sites for hydroxylation is 2. The van der Waals surface area contributed by atoms with Crippen LogP contribution in [0.15, 0.2) is 30.0 Å². The maximum atomic E-state index is 11.8. The number of hydrogen-bond acceptors (Lipinski definition) is 3. The first-order chi connectivity index (χ1) is 10.2. The van der Waals surface area contributed by atoms with Gasteiger partial charge in [-0.25, -0.2) is 0 Å². The molecule has 0 saturated heterocycles. The van der Waals surface area contributed by atoms with E-state index in [1.807, 2.05) is 24.3 Å². The van der Waals surface area contributed by atoms with E-state index in [1.165, 1.54) is 6.20 Å². The average Bonchev–Trinajstić information content (AvgIpc) is 2.53. The van der Waals surface area contributed by atoms with Crippen LogP contribution in [0, 0.1) is 11.3 Å². The van der Waals surface area contributed by atoms with Gasteiger partial charge in [-0.1, -0.05) is 32.0 Å². The Morgan fingerprint density at radius 2 is 1.95 bits per heavy atom. The summed E-state index contributed by atoms with van der Waals surface area (Å²) >= 11 is 5.51. The van der Waals surface area contributed by atoms with Gasteiger partial charge in [0.05, 0.1) is 0 Å². The van der Waals surface area contributed by atoms with Crippen molar-refractivity contribution in [2.75, 3.05) is 17.7 Å². The first kappa shape index (κ1) is 17.1. The van der Waals surface area contributed by atoms with Crippen molar-refractivity contribution < 1.29 is 4.79 Å². The summed E-state index contributed by atoms with van der Waals surface area (Å²) in [6.07, 6.45) is 3.21. The fourth-order valence-electron chi connectivity index (χ4n) is 1.98. The summed E-state index contributed by atoms with van der Waals surface area (Å²) in [5.41, 5.74) is 3.32. The molecule has 0 fully saturated rings. The Bertz CT molecular complexity index is 539. The number of amides is 1. The van der Waals surface area contributed by atoms with Crippen molar-refractivity contribution in [1.29, 1.82) is 5.26 Å². The summed E-state index contributed by atoms with van der Waals surface area (Å²) in [5, 5.41) is 14.8. The maximum Gasteiger partial charge on any atom is 0.263 e. The highest BCUT2D eigenvalue weighted by Gasteiger charge is 2.09. The van der Waals surface area contributed by atoms with Crippen LogP contribution in [0.5, 0.6) is 0 Å². The van der Waals surface area contributed by atoms with Crippen LogP contribution in [0.3, 0.4) is 0 Å². The number of anilines is 1. The number of hydrogen-bond donors (Lipinski definition) is 2. The van der Waals surface area contributed by atoms with Crippen LogP contribution in [0.1, 0.15) is 25.0 Å². The Morgan fingerprint density at radius 3 is 2.43 bits per heavy atom.